The summed E-state index contributed by atoms with van der Waals surface area (Å²) in [7, 11) is -3.71. The molecule has 0 aromatic carbocycles. The highest BCUT2D eigenvalue weighted by atomic mass is 28.4. The van der Waals surface area contributed by atoms with E-state index in [9.17, 15) is 14.4 Å². The van der Waals surface area contributed by atoms with Crippen molar-refractivity contribution in [1.82, 2.24) is 4.57 Å². The number of nitrogens with zero attached hydrogens (tertiary/aromatic N) is 1. The first-order valence-corrected chi connectivity index (χ1v) is 7.96. The van der Waals surface area contributed by atoms with Crippen molar-refractivity contribution in [3.8, 4) is 0 Å². The van der Waals surface area contributed by atoms with Crippen LogP contribution in [0.1, 0.15) is 20.8 Å². The van der Waals surface area contributed by atoms with E-state index < -0.39 is 26.7 Å². The summed E-state index contributed by atoms with van der Waals surface area (Å²) in [5.74, 6) is -1.98. The van der Waals surface area contributed by atoms with Crippen LogP contribution in [0.25, 0.3) is 0 Å². The first kappa shape index (κ1) is 16.0. The van der Waals surface area contributed by atoms with Gasteiger partial charge in [0.2, 0.25) is 0 Å². The van der Waals surface area contributed by atoms with E-state index in [-0.39, 0.29) is 6.04 Å². The summed E-state index contributed by atoms with van der Waals surface area (Å²) in [4.78, 5) is 33.6. The smallest absolute Gasteiger partial charge is 0.455 e. The monoisotopic (exact) mass is 299 g/mol. The van der Waals surface area contributed by atoms with Crippen molar-refractivity contribution in [2.45, 2.75) is 33.4 Å². The molecule has 1 heterocycles. The van der Waals surface area contributed by atoms with Crippen molar-refractivity contribution in [2.24, 2.45) is 0 Å². The second-order valence-corrected chi connectivity index (χ2v) is 6.61. The molecule has 0 unspecified atom stereocenters. The Bertz CT molecular complexity index is 443. The lowest BCUT2D eigenvalue weighted by molar-refractivity contribution is -0.147. The number of hydrogen-bond donors (Lipinski definition) is 0. The molecule has 0 amide bonds. The Labute approximate surface area is 117 Å². The Morgan fingerprint density at radius 3 is 1.65 bits per heavy atom. The fraction of sp³-hybridized carbons (Fsp3) is 0.417. The van der Waals surface area contributed by atoms with Crippen LogP contribution in [0.15, 0.2) is 24.5 Å². The van der Waals surface area contributed by atoms with Gasteiger partial charge in [0.15, 0.2) is 0 Å². The zero-order valence-corrected chi connectivity index (χ0v) is 12.6. The summed E-state index contributed by atoms with van der Waals surface area (Å²) in [6.07, 6.45) is 3.60. The molecule has 0 saturated heterocycles. The van der Waals surface area contributed by atoms with Crippen molar-refractivity contribution >= 4 is 26.7 Å². The molecule has 1 aromatic heterocycles. The third-order valence-electron chi connectivity index (χ3n) is 2.24. The van der Waals surface area contributed by atoms with Gasteiger partial charge in [-0.15, -0.1) is 0 Å². The van der Waals surface area contributed by atoms with Gasteiger partial charge in [-0.3, -0.25) is 14.4 Å². The van der Waals surface area contributed by atoms with E-state index in [4.69, 9.17) is 13.3 Å². The van der Waals surface area contributed by atoms with Gasteiger partial charge >= 0.3 is 8.80 Å². The molecule has 110 valence electrons. The molecular weight excluding hydrogens is 282 g/mol. The van der Waals surface area contributed by atoms with E-state index in [1.807, 2.05) is 12.1 Å². The molecule has 0 fully saturated rings. The highest BCUT2D eigenvalue weighted by molar-refractivity contribution is 6.65. The molecule has 7 nitrogen and oxygen atoms in total. The number of aromatic nitrogens is 1. The SMILES string of the molecule is CC(=O)O[Si](CCn1cccc1)(OC(C)=O)OC(C)=O. The average molecular weight is 299 g/mol. The van der Waals surface area contributed by atoms with Crippen molar-refractivity contribution in [3.63, 3.8) is 0 Å². The largest absolute Gasteiger partial charge is 0.706 e. The van der Waals surface area contributed by atoms with Crippen LogP contribution >= 0.6 is 0 Å². The second-order valence-electron chi connectivity index (χ2n) is 4.13. The zero-order valence-electron chi connectivity index (χ0n) is 11.6. The summed E-state index contributed by atoms with van der Waals surface area (Å²) in [5.41, 5.74) is 0. The van der Waals surface area contributed by atoms with Crippen LogP contribution < -0.4 is 0 Å². The minimum absolute atomic E-state index is 0.125. The molecule has 0 spiro atoms. The highest BCUT2D eigenvalue weighted by Gasteiger charge is 2.51. The summed E-state index contributed by atoms with van der Waals surface area (Å²) >= 11 is 0. The Morgan fingerprint density at radius 2 is 1.30 bits per heavy atom. The molecule has 20 heavy (non-hydrogen) atoms. The molecule has 0 N–H and O–H groups in total. The lowest BCUT2D eigenvalue weighted by Gasteiger charge is -2.26. The first-order chi connectivity index (χ1) is 9.33. The molecule has 1 rings (SSSR count). The molecule has 0 radical (unpaired) electrons. The molecular formula is C12H17NO6Si. The topological polar surface area (TPSA) is 83.8 Å². The highest BCUT2D eigenvalue weighted by Crippen LogP contribution is 2.18. The lowest BCUT2D eigenvalue weighted by Crippen LogP contribution is -2.50. The van der Waals surface area contributed by atoms with Gasteiger partial charge in [0.1, 0.15) is 0 Å². The van der Waals surface area contributed by atoms with Crippen molar-refractivity contribution < 1.29 is 27.7 Å². The molecule has 0 aliphatic rings. The number of rotatable bonds is 6. The van der Waals surface area contributed by atoms with E-state index in [0.717, 1.165) is 0 Å². The molecule has 8 heteroatoms. The fourth-order valence-electron chi connectivity index (χ4n) is 1.66. The standard InChI is InChI=1S/C12H17NO6Si/c1-10(14)17-20(18-11(2)15,19-12(3)16)9-8-13-6-4-5-7-13/h4-7H,8-9H2,1-3H3. The predicted molar refractivity (Wildman–Crippen MR) is 70.3 cm³/mol. The van der Waals surface area contributed by atoms with Gasteiger partial charge < -0.3 is 17.8 Å². The summed E-state index contributed by atoms with van der Waals surface area (Å²) in [5, 5.41) is 0. The van der Waals surface area contributed by atoms with Crippen LogP contribution in [0, 0.1) is 0 Å². The molecule has 0 saturated carbocycles. The molecule has 1 aromatic rings. The maximum absolute atomic E-state index is 11.2. The quantitative estimate of drug-likeness (QED) is 0.732. The van der Waals surface area contributed by atoms with Gasteiger partial charge in [-0.05, 0) is 12.1 Å². The zero-order chi connectivity index (χ0) is 15.2. The van der Waals surface area contributed by atoms with Crippen LogP contribution in [0.3, 0.4) is 0 Å². The third-order valence-corrected chi connectivity index (χ3v) is 4.87. The number of carbonyl (C=O) groups is 3. The van der Waals surface area contributed by atoms with Crippen LogP contribution in [0.4, 0.5) is 0 Å². The Kier molecular flexibility index (Phi) is 5.50. The van der Waals surface area contributed by atoms with Gasteiger partial charge in [0.05, 0.1) is 6.04 Å². The normalized spacial score (nSPS) is 10.8. The van der Waals surface area contributed by atoms with Crippen molar-refractivity contribution in [1.29, 1.82) is 0 Å². The fourth-order valence-corrected chi connectivity index (χ4v) is 3.93. The third kappa shape index (κ3) is 5.27. The number of aryl methyl sites for hydroxylation is 1. The molecule has 0 aliphatic carbocycles. The summed E-state index contributed by atoms with van der Waals surface area (Å²) < 4.78 is 17.0. The minimum atomic E-state index is -3.71. The van der Waals surface area contributed by atoms with E-state index >= 15 is 0 Å². The Hall–Kier alpha value is -2.09. The summed E-state index contributed by atoms with van der Waals surface area (Å²) in [6.45, 7) is 3.91. The maximum Gasteiger partial charge on any atom is 0.706 e. The Morgan fingerprint density at radius 1 is 0.900 bits per heavy atom. The van der Waals surface area contributed by atoms with Crippen LogP contribution in [-0.4, -0.2) is 31.3 Å². The average Bonchev–Trinajstić information content (AvgIpc) is 2.75. The Balaban J connectivity index is 2.90. The van der Waals surface area contributed by atoms with E-state index in [1.54, 1.807) is 17.0 Å². The summed E-state index contributed by atoms with van der Waals surface area (Å²) in [6, 6.07) is 3.78. The van der Waals surface area contributed by atoms with Crippen molar-refractivity contribution in [2.75, 3.05) is 0 Å². The van der Waals surface area contributed by atoms with Crippen LogP contribution in [-0.2, 0) is 34.2 Å². The molecule has 0 atom stereocenters. The van der Waals surface area contributed by atoms with Gasteiger partial charge in [0, 0.05) is 39.7 Å². The van der Waals surface area contributed by atoms with Gasteiger partial charge in [0.25, 0.3) is 17.9 Å². The van der Waals surface area contributed by atoms with Gasteiger partial charge in [-0.1, -0.05) is 0 Å². The molecule has 0 bridgehead atoms. The van der Waals surface area contributed by atoms with Crippen molar-refractivity contribution in [3.05, 3.63) is 24.5 Å². The van der Waals surface area contributed by atoms with E-state index in [2.05, 4.69) is 0 Å². The van der Waals surface area contributed by atoms with E-state index in [1.165, 1.54) is 20.8 Å². The number of carbonyl (C=O) groups excluding carboxylic acids is 3. The van der Waals surface area contributed by atoms with Crippen LogP contribution in [0.5, 0.6) is 0 Å². The van der Waals surface area contributed by atoms with Crippen LogP contribution in [0.2, 0.25) is 6.04 Å². The van der Waals surface area contributed by atoms with Gasteiger partial charge in [-0.2, -0.15) is 0 Å². The minimum Gasteiger partial charge on any atom is -0.455 e. The number of hydrogen-bond acceptors (Lipinski definition) is 6. The second kappa shape index (κ2) is 6.90. The van der Waals surface area contributed by atoms with E-state index in [0.29, 0.717) is 6.54 Å². The van der Waals surface area contributed by atoms with Gasteiger partial charge in [-0.25, -0.2) is 0 Å². The first-order valence-electron chi connectivity index (χ1n) is 6.02. The predicted octanol–water partition coefficient (Wildman–Crippen LogP) is 1.12. The maximum atomic E-state index is 11.2. The lowest BCUT2D eigenvalue weighted by atomic mass is 10.7. The molecule has 0 aliphatic heterocycles.